The Kier molecular flexibility index (Phi) is 3.05. The van der Waals surface area contributed by atoms with Gasteiger partial charge in [0.2, 0.25) is 0 Å². The lowest BCUT2D eigenvalue weighted by molar-refractivity contribution is 0.102. The quantitative estimate of drug-likeness (QED) is 0.826. The fourth-order valence-corrected chi connectivity index (χ4v) is 1.53. The second kappa shape index (κ2) is 4.65. The molecule has 0 saturated carbocycles. The summed E-state index contributed by atoms with van der Waals surface area (Å²) < 4.78 is 0. The Morgan fingerprint density at radius 1 is 1.29 bits per heavy atom. The average molecular weight is 227 g/mol. The highest BCUT2D eigenvalue weighted by molar-refractivity contribution is 6.07. The van der Waals surface area contributed by atoms with Gasteiger partial charge in [0.05, 0.1) is 5.56 Å². The van der Waals surface area contributed by atoms with Crippen LogP contribution in [-0.4, -0.2) is 10.9 Å². The van der Waals surface area contributed by atoms with Gasteiger partial charge in [-0.1, -0.05) is 12.1 Å². The summed E-state index contributed by atoms with van der Waals surface area (Å²) >= 11 is 0. The number of nitrogens with two attached hydrogens (primary N) is 1. The molecule has 86 valence electrons. The Morgan fingerprint density at radius 3 is 2.82 bits per heavy atom. The van der Waals surface area contributed by atoms with E-state index in [1.54, 1.807) is 18.3 Å². The van der Waals surface area contributed by atoms with Gasteiger partial charge in [-0.25, -0.2) is 4.98 Å². The maximum Gasteiger partial charge on any atom is 0.259 e. The van der Waals surface area contributed by atoms with Crippen molar-refractivity contribution in [1.29, 1.82) is 0 Å². The minimum absolute atomic E-state index is 0.234. The van der Waals surface area contributed by atoms with Crippen molar-refractivity contribution < 1.29 is 4.79 Å². The minimum atomic E-state index is -0.249. The predicted molar refractivity (Wildman–Crippen MR) is 67.8 cm³/mol. The van der Waals surface area contributed by atoms with E-state index >= 15 is 0 Å². The van der Waals surface area contributed by atoms with Gasteiger partial charge in [0, 0.05) is 11.9 Å². The van der Waals surface area contributed by atoms with E-state index in [2.05, 4.69) is 10.3 Å². The molecule has 0 atom stereocenters. The van der Waals surface area contributed by atoms with E-state index in [1.165, 1.54) is 0 Å². The van der Waals surface area contributed by atoms with Crippen molar-refractivity contribution in [3.8, 4) is 0 Å². The molecule has 3 N–H and O–H groups in total. The number of hydrogen-bond acceptors (Lipinski definition) is 3. The largest absolute Gasteiger partial charge is 0.383 e. The number of carbonyl (C=O) groups is 1. The van der Waals surface area contributed by atoms with Crippen LogP contribution >= 0.6 is 0 Å². The Hall–Kier alpha value is -2.36. The first-order valence-electron chi connectivity index (χ1n) is 5.25. The number of rotatable bonds is 2. The Balaban J connectivity index is 2.20. The number of nitrogens with zero attached hydrogens (tertiary/aromatic N) is 1. The van der Waals surface area contributed by atoms with Crippen LogP contribution in [0.3, 0.4) is 0 Å². The van der Waals surface area contributed by atoms with E-state index < -0.39 is 0 Å². The summed E-state index contributed by atoms with van der Waals surface area (Å²) in [5.74, 6) is -0.0150. The highest BCUT2D eigenvalue weighted by Crippen LogP contribution is 2.13. The number of hydrogen-bond donors (Lipinski definition) is 2. The Labute approximate surface area is 99.5 Å². The van der Waals surface area contributed by atoms with Gasteiger partial charge in [-0.05, 0) is 36.8 Å². The first kappa shape index (κ1) is 11.1. The molecule has 0 aliphatic rings. The maximum atomic E-state index is 11.9. The van der Waals surface area contributed by atoms with E-state index in [0.717, 1.165) is 11.3 Å². The highest BCUT2D eigenvalue weighted by Gasteiger charge is 2.09. The smallest absolute Gasteiger partial charge is 0.259 e. The molecule has 0 radical (unpaired) electrons. The van der Waals surface area contributed by atoms with Crippen LogP contribution in [0.25, 0.3) is 0 Å². The summed E-state index contributed by atoms with van der Waals surface area (Å²) in [6.07, 6.45) is 1.55. The molecule has 2 aromatic rings. The first-order chi connectivity index (χ1) is 8.16. The summed E-state index contributed by atoms with van der Waals surface area (Å²) in [6.45, 7) is 1.97. The Bertz CT molecular complexity index is 552. The number of aromatic nitrogens is 1. The predicted octanol–water partition coefficient (Wildman–Crippen LogP) is 2.22. The second-order valence-electron chi connectivity index (χ2n) is 3.76. The van der Waals surface area contributed by atoms with Crippen molar-refractivity contribution in [2.75, 3.05) is 11.1 Å². The van der Waals surface area contributed by atoms with Crippen LogP contribution in [-0.2, 0) is 0 Å². The summed E-state index contributed by atoms with van der Waals surface area (Å²) in [4.78, 5) is 15.8. The van der Waals surface area contributed by atoms with Crippen molar-refractivity contribution in [1.82, 2.24) is 4.98 Å². The zero-order chi connectivity index (χ0) is 12.3. The zero-order valence-corrected chi connectivity index (χ0v) is 9.47. The lowest BCUT2D eigenvalue weighted by atomic mass is 10.2. The van der Waals surface area contributed by atoms with Crippen LogP contribution in [0, 0.1) is 6.92 Å². The van der Waals surface area contributed by atoms with Gasteiger partial charge < -0.3 is 11.1 Å². The van der Waals surface area contributed by atoms with Crippen molar-refractivity contribution in [2.45, 2.75) is 6.92 Å². The van der Waals surface area contributed by atoms with Gasteiger partial charge in [-0.15, -0.1) is 0 Å². The van der Waals surface area contributed by atoms with E-state index in [1.807, 2.05) is 31.2 Å². The monoisotopic (exact) mass is 227 g/mol. The molecule has 4 heteroatoms. The van der Waals surface area contributed by atoms with Gasteiger partial charge >= 0.3 is 0 Å². The average Bonchev–Trinajstić information content (AvgIpc) is 2.29. The van der Waals surface area contributed by atoms with Crippen molar-refractivity contribution in [2.24, 2.45) is 0 Å². The fourth-order valence-electron chi connectivity index (χ4n) is 1.53. The van der Waals surface area contributed by atoms with Gasteiger partial charge in [0.15, 0.2) is 0 Å². The van der Waals surface area contributed by atoms with Crippen LogP contribution in [0.1, 0.15) is 15.9 Å². The summed E-state index contributed by atoms with van der Waals surface area (Å²) in [7, 11) is 0. The number of amides is 1. The molecule has 0 fully saturated rings. The van der Waals surface area contributed by atoms with Crippen LogP contribution in [0.15, 0.2) is 42.6 Å². The third-order valence-corrected chi connectivity index (χ3v) is 2.36. The molecule has 1 heterocycles. The van der Waals surface area contributed by atoms with E-state index in [4.69, 9.17) is 5.73 Å². The standard InChI is InChI=1S/C13H13N3O/c1-9-4-2-5-10(8-9)16-13(17)11-6-3-7-15-12(11)14/h2-8H,1H3,(H2,14,15)(H,16,17). The molecule has 0 saturated heterocycles. The molecule has 1 aromatic heterocycles. The molecule has 0 unspecified atom stereocenters. The molecule has 2 rings (SSSR count). The van der Waals surface area contributed by atoms with E-state index in [9.17, 15) is 4.79 Å². The topological polar surface area (TPSA) is 68.0 Å². The fraction of sp³-hybridized carbons (Fsp3) is 0.0769. The van der Waals surface area contributed by atoms with Gasteiger partial charge in [0.1, 0.15) is 5.82 Å². The molecular weight excluding hydrogens is 214 g/mol. The molecule has 0 aliphatic carbocycles. The molecule has 0 aliphatic heterocycles. The molecule has 0 spiro atoms. The highest BCUT2D eigenvalue weighted by atomic mass is 16.1. The normalized spacial score (nSPS) is 9.94. The first-order valence-corrected chi connectivity index (χ1v) is 5.25. The molecule has 17 heavy (non-hydrogen) atoms. The van der Waals surface area contributed by atoms with Crippen LogP contribution < -0.4 is 11.1 Å². The van der Waals surface area contributed by atoms with Gasteiger partial charge in [-0.3, -0.25) is 4.79 Å². The summed E-state index contributed by atoms with van der Waals surface area (Å²) in [5.41, 5.74) is 7.85. The van der Waals surface area contributed by atoms with Gasteiger partial charge in [0.25, 0.3) is 5.91 Å². The van der Waals surface area contributed by atoms with Crippen molar-refractivity contribution >= 4 is 17.4 Å². The summed E-state index contributed by atoms with van der Waals surface area (Å²) in [5, 5.41) is 2.78. The molecule has 4 nitrogen and oxygen atoms in total. The second-order valence-corrected chi connectivity index (χ2v) is 3.76. The lowest BCUT2D eigenvalue weighted by Gasteiger charge is -2.07. The van der Waals surface area contributed by atoms with Crippen LogP contribution in [0.4, 0.5) is 11.5 Å². The van der Waals surface area contributed by atoms with Crippen LogP contribution in [0.2, 0.25) is 0 Å². The molecule has 0 bridgehead atoms. The molecular formula is C13H13N3O. The molecule has 1 aromatic carbocycles. The van der Waals surface area contributed by atoms with Crippen LogP contribution in [0.5, 0.6) is 0 Å². The summed E-state index contributed by atoms with van der Waals surface area (Å²) in [6, 6.07) is 10.9. The third kappa shape index (κ3) is 2.60. The van der Waals surface area contributed by atoms with E-state index in [0.29, 0.717) is 5.56 Å². The van der Waals surface area contributed by atoms with Crippen molar-refractivity contribution in [3.05, 3.63) is 53.7 Å². The number of nitrogens with one attached hydrogen (secondary N) is 1. The number of benzene rings is 1. The van der Waals surface area contributed by atoms with Gasteiger partial charge in [-0.2, -0.15) is 0 Å². The number of carbonyl (C=O) groups excluding carboxylic acids is 1. The SMILES string of the molecule is Cc1cccc(NC(=O)c2cccnc2N)c1. The lowest BCUT2D eigenvalue weighted by Crippen LogP contribution is -2.14. The van der Waals surface area contributed by atoms with E-state index in [-0.39, 0.29) is 11.7 Å². The van der Waals surface area contributed by atoms with Crippen molar-refractivity contribution in [3.63, 3.8) is 0 Å². The number of nitrogen functional groups attached to an aromatic ring is 1. The Morgan fingerprint density at radius 2 is 2.12 bits per heavy atom. The maximum absolute atomic E-state index is 11.9. The zero-order valence-electron chi connectivity index (χ0n) is 9.47. The number of aryl methyl sites for hydroxylation is 1. The third-order valence-electron chi connectivity index (χ3n) is 2.36. The minimum Gasteiger partial charge on any atom is -0.383 e. The number of anilines is 2. The number of pyridine rings is 1. The molecule has 1 amide bonds.